The SMILES string of the molecule is CC(=O)Oc1ccc(C(=O)Nc2ccc([N+](=O)[O-])cc2Cl)cc1. The van der Waals surface area contributed by atoms with Crippen molar-refractivity contribution in [3.05, 3.63) is 63.2 Å². The van der Waals surface area contributed by atoms with Crippen LogP contribution in [0.2, 0.25) is 5.02 Å². The molecule has 0 aliphatic heterocycles. The maximum Gasteiger partial charge on any atom is 0.308 e. The van der Waals surface area contributed by atoms with Crippen LogP contribution in [0.3, 0.4) is 0 Å². The summed E-state index contributed by atoms with van der Waals surface area (Å²) in [6, 6.07) is 9.67. The quantitative estimate of drug-likeness (QED) is 0.400. The molecule has 8 heteroatoms. The number of hydrogen-bond donors (Lipinski definition) is 1. The number of non-ortho nitro benzene ring substituents is 1. The highest BCUT2D eigenvalue weighted by molar-refractivity contribution is 6.34. The van der Waals surface area contributed by atoms with Crippen molar-refractivity contribution < 1.29 is 19.2 Å². The molecule has 0 bridgehead atoms. The van der Waals surface area contributed by atoms with Crippen LogP contribution in [0.5, 0.6) is 5.75 Å². The van der Waals surface area contributed by atoms with E-state index in [1.807, 2.05) is 0 Å². The molecule has 0 atom stereocenters. The molecule has 0 aliphatic rings. The first-order valence-corrected chi connectivity index (χ1v) is 6.78. The van der Waals surface area contributed by atoms with Crippen LogP contribution >= 0.6 is 11.6 Å². The van der Waals surface area contributed by atoms with Crippen molar-refractivity contribution in [2.75, 3.05) is 5.32 Å². The molecule has 0 heterocycles. The number of nitro groups is 1. The normalized spacial score (nSPS) is 10.0. The van der Waals surface area contributed by atoms with Gasteiger partial charge < -0.3 is 10.1 Å². The molecule has 0 aliphatic carbocycles. The van der Waals surface area contributed by atoms with Crippen molar-refractivity contribution in [1.29, 1.82) is 0 Å². The van der Waals surface area contributed by atoms with E-state index in [9.17, 15) is 19.7 Å². The fourth-order valence-corrected chi connectivity index (χ4v) is 1.98. The van der Waals surface area contributed by atoms with Gasteiger partial charge >= 0.3 is 5.97 Å². The van der Waals surface area contributed by atoms with Gasteiger partial charge in [-0.2, -0.15) is 0 Å². The summed E-state index contributed by atoms with van der Waals surface area (Å²) < 4.78 is 4.87. The Labute approximate surface area is 136 Å². The first kappa shape index (κ1) is 16.4. The fraction of sp³-hybridized carbons (Fsp3) is 0.0667. The molecular formula is C15H11ClN2O5. The smallest absolute Gasteiger partial charge is 0.308 e. The Morgan fingerprint density at radius 3 is 2.35 bits per heavy atom. The number of carbonyl (C=O) groups is 2. The zero-order chi connectivity index (χ0) is 17.0. The van der Waals surface area contributed by atoms with Gasteiger partial charge in [0.2, 0.25) is 0 Å². The van der Waals surface area contributed by atoms with Gasteiger partial charge in [-0.25, -0.2) is 0 Å². The Morgan fingerprint density at radius 2 is 1.83 bits per heavy atom. The monoisotopic (exact) mass is 334 g/mol. The molecule has 2 aromatic carbocycles. The standard InChI is InChI=1S/C15H11ClN2O5/c1-9(19)23-12-5-2-10(3-6-12)15(20)17-14-7-4-11(18(21)22)8-13(14)16/h2-8H,1H3,(H,17,20). The lowest BCUT2D eigenvalue weighted by molar-refractivity contribution is -0.384. The van der Waals surface area contributed by atoms with E-state index >= 15 is 0 Å². The molecule has 2 aromatic rings. The van der Waals surface area contributed by atoms with Crippen molar-refractivity contribution in [2.24, 2.45) is 0 Å². The van der Waals surface area contributed by atoms with Crippen LogP contribution in [-0.2, 0) is 4.79 Å². The maximum absolute atomic E-state index is 12.1. The predicted octanol–water partition coefficient (Wildman–Crippen LogP) is 3.43. The number of ether oxygens (including phenoxy) is 1. The summed E-state index contributed by atoms with van der Waals surface area (Å²) in [6.07, 6.45) is 0. The van der Waals surface area contributed by atoms with Crippen LogP contribution in [0.1, 0.15) is 17.3 Å². The van der Waals surface area contributed by atoms with Gasteiger partial charge in [0.05, 0.1) is 15.6 Å². The zero-order valence-corrected chi connectivity index (χ0v) is 12.7. The Balaban J connectivity index is 2.12. The molecule has 23 heavy (non-hydrogen) atoms. The van der Waals surface area contributed by atoms with Crippen molar-refractivity contribution in [3.8, 4) is 5.75 Å². The van der Waals surface area contributed by atoms with Crippen molar-refractivity contribution in [1.82, 2.24) is 0 Å². The molecule has 7 nitrogen and oxygen atoms in total. The Hall–Kier alpha value is -2.93. The number of halogens is 1. The number of nitrogens with one attached hydrogen (secondary N) is 1. The number of hydrogen-bond acceptors (Lipinski definition) is 5. The van der Waals surface area contributed by atoms with Gasteiger partial charge in [-0.05, 0) is 30.3 Å². The summed E-state index contributed by atoms with van der Waals surface area (Å²) in [5, 5.41) is 13.3. The number of esters is 1. The number of nitro benzene ring substituents is 1. The number of benzene rings is 2. The molecule has 0 saturated heterocycles. The summed E-state index contributed by atoms with van der Waals surface area (Å²) in [5.74, 6) is -0.586. The van der Waals surface area contributed by atoms with E-state index in [0.717, 1.165) is 6.07 Å². The summed E-state index contributed by atoms with van der Waals surface area (Å²) in [4.78, 5) is 33.0. The first-order valence-electron chi connectivity index (χ1n) is 6.40. The highest BCUT2D eigenvalue weighted by Gasteiger charge is 2.13. The predicted molar refractivity (Wildman–Crippen MR) is 83.8 cm³/mol. The van der Waals surface area contributed by atoms with Gasteiger partial charge in [0.25, 0.3) is 11.6 Å². The van der Waals surface area contributed by atoms with E-state index in [1.165, 1.54) is 43.3 Å². The number of anilines is 1. The molecule has 1 N–H and O–H groups in total. The Morgan fingerprint density at radius 1 is 1.17 bits per heavy atom. The van der Waals surface area contributed by atoms with E-state index in [4.69, 9.17) is 16.3 Å². The van der Waals surface area contributed by atoms with Crippen LogP contribution in [0.4, 0.5) is 11.4 Å². The van der Waals surface area contributed by atoms with Crippen LogP contribution in [0, 0.1) is 10.1 Å². The van der Waals surface area contributed by atoms with Gasteiger partial charge in [-0.1, -0.05) is 11.6 Å². The van der Waals surface area contributed by atoms with Crippen LogP contribution in [0.15, 0.2) is 42.5 Å². The Bertz CT molecular complexity index is 774. The van der Waals surface area contributed by atoms with Gasteiger partial charge in [-0.3, -0.25) is 19.7 Å². The zero-order valence-electron chi connectivity index (χ0n) is 11.9. The third kappa shape index (κ3) is 4.27. The third-order valence-corrected chi connectivity index (χ3v) is 3.10. The lowest BCUT2D eigenvalue weighted by Gasteiger charge is -2.08. The van der Waals surface area contributed by atoms with Gasteiger partial charge in [-0.15, -0.1) is 0 Å². The van der Waals surface area contributed by atoms with E-state index in [0.29, 0.717) is 11.3 Å². The molecule has 0 saturated carbocycles. The second-order valence-electron chi connectivity index (χ2n) is 4.49. The third-order valence-electron chi connectivity index (χ3n) is 2.79. The minimum atomic E-state index is -0.578. The second kappa shape index (κ2) is 6.89. The average molecular weight is 335 g/mol. The van der Waals surface area contributed by atoms with Crippen molar-refractivity contribution in [2.45, 2.75) is 6.92 Å². The minimum absolute atomic E-state index is 0.0593. The molecule has 2 rings (SSSR count). The molecule has 1 amide bonds. The first-order chi connectivity index (χ1) is 10.9. The van der Waals surface area contributed by atoms with Crippen molar-refractivity contribution in [3.63, 3.8) is 0 Å². The Kier molecular flexibility index (Phi) is 4.92. The number of rotatable bonds is 4. The maximum atomic E-state index is 12.1. The van der Waals surface area contributed by atoms with Gasteiger partial charge in [0.1, 0.15) is 5.75 Å². The molecular weight excluding hydrogens is 324 g/mol. The van der Waals surface area contributed by atoms with E-state index in [-0.39, 0.29) is 16.4 Å². The van der Waals surface area contributed by atoms with Crippen molar-refractivity contribution >= 4 is 34.9 Å². The summed E-state index contributed by atoms with van der Waals surface area (Å²) in [6.45, 7) is 1.28. The van der Waals surface area contributed by atoms with Crippen LogP contribution < -0.4 is 10.1 Å². The molecule has 0 unspecified atom stereocenters. The summed E-state index contributed by atoms with van der Waals surface area (Å²) >= 11 is 5.91. The van der Waals surface area contributed by atoms with E-state index in [2.05, 4.69) is 5.32 Å². The fourth-order valence-electron chi connectivity index (χ4n) is 1.75. The van der Waals surface area contributed by atoms with E-state index < -0.39 is 16.8 Å². The van der Waals surface area contributed by atoms with Gasteiger partial charge in [0.15, 0.2) is 0 Å². The molecule has 0 fully saturated rings. The highest BCUT2D eigenvalue weighted by Crippen LogP contribution is 2.27. The molecule has 0 radical (unpaired) electrons. The lowest BCUT2D eigenvalue weighted by atomic mass is 10.2. The molecule has 0 spiro atoms. The number of nitrogens with zero attached hydrogens (tertiary/aromatic N) is 1. The van der Waals surface area contributed by atoms with Gasteiger partial charge in [0, 0.05) is 24.6 Å². The number of amides is 1. The molecule has 0 aromatic heterocycles. The molecule has 118 valence electrons. The van der Waals surface area contributed by atoms with Crippen LogP contribution in [-0.4, -0.2) is 16.8 Å². The highest BCUT2D eigenvalue weighted by atomic mass is 35.5. The largest absolute Gasteiger partial charge is 0.427 e. The summed E-state index contributed by atoms with van der Waals surface area (Å²) in [5.41, 5.74) is 0.403. The van der Waals surface area contributed by atoms with E-state index in [1.54, 1.807) is 0 Å². The summed E-state index contributed by atoms with van der Waals surface area (Å²) in [7, 11) is 0. The minimum Gasteiger partial charge on any atom is -0.427 e. The number of carbonyl (C=O) groups excluding carboxylic acids is 2. The second-order valence-corrected chi connectivity index (χ2v) is 4.90. The van der Waals surface area contributed by atoms with Crippen LogP contribution in [0.25, 0.3) is 0 Å². The lowest BCUT2D eigenvalue weighted by Crippen LogP contribution is -2.12. The topological polar surface area (TPSA) is 98.5 Å². The average Bonchev–Trinajstić information content (AvgIpc) is 2.49.